The normalized spacial score (nSPS) is 18.4. The Kier molecular flexibility index (Phi) is 12.7. The van der Waals surface area contributed by atoms with E-state index in [2.05, 4.69) is 15.2 Å². The molecule has 24 heavy (non-hydrogen) atoms. The van der Waals surface area contributed by atoms with Crippen LogP contribution in [0.15, 0.2) is 4.99 Å². The van der Waals surface area contributed by atoms with Crippen molar-refractivity contribution in [1.82, 2.24) is 10.2 Å². The quantitative estimate of drug-likeness (QED) is 0.305. The lowest BCUT2D eigenvalue weighted by Crippen LogP contribution is -2.40. The Hall–Kier alpha value is -0.890. The molecule has 7 nitrogen and oxygen atoms in total. The van der Waals surface area contributed by atoms with E-state index in [4.69, 9.17) is 18.9 Å². The van der Waals surface area contributed by atoms with Gasteiger partial charge in [-0.05, 0) is 19.3 Å². The van der Waals surface area contributed by atoms with Crippen LogP contribution in [0.2, 0.25) is 0 Å². The van der Waals surface area contributed by atoms with Crippen LogP contribution in [0.4, 0.5) is 0 Å². The van der Waals surface area contributed by atoms with Crippen molar-refractivity contribution in [2.45, 2.75) is 19.3 Å². The van der Waals surface area contributed by atoms with E-state index in [1.807, 2.05) is 7.05 Å². The van der Waals surface area contributed by atoms with Gasteiger partial charge in [-0.2, -0.15) is 0 Å². The molecule has 1 rings (SSSR count). The fourth-order valence-electron chi connectivity index (χ4n) is 2.66. The predicted molar refractivity (Wildman–Crippen MR) is 95.7 cm³/mol. The Bertz CT molecular complexity index is 329. The Morgan fingerprint density at radius 1 is 1.04 bits per heavy atom. The highest BCUT2D eigenvalue weighted by Crippen LogP contribution is 2.16. The summed E-state index contributed by atoms with van der Waals surface area (Å²) in [7, 11) is 5.23. The first-order chi connectivity index (χ1) is 11.8. The van der Waals surface area contributed by atoms with Crippen LogP contribution in [-0.2, 0) is 18.9 Å². The summed E-state index contributed by atoms with van der Waals surface area (Å²) in [6.45, 7) is 7.23. The lowest BCUT2D eigenvalue weighted by molar-refractivity contribution is 0.0536. The number of likely N-dealkylation sites (tertiary alicyclic amines) is 1. The second-order valence-electron chi connectivity index (χ2n) is 5.95. The van der Waals surface area contributed by atoms with Gasteiger partial charge in [0.05, 0.1) is 33.0 Å². The number of rotatable bonds is 13. The molecule has 0 aromatic rings. The van der Waals surface area contributed by atoms with E-state index in [9.17, 15) is 0 Å². The summed E-state index contributed by atoms with van der Waals surface area (Å²) in [5, 5.41) is 3.45. The first-order valence-corrected chi connectivity index (χ1v) is 8.90. The van der Waals surface area contributed by atoms with E-state index in [0.717, 1.165) is 58.1 Å². The summed E-state index contributed by atoms with van der Waals surface area (Å²) in [4.78, 5) is 6.71. The number of nitrogens with zero attached hydrogens (tertiary/aromatic N) is 2. The molecular formula is C17H35N3O4. The van der Waals surface area contributed by atoms with E-state index in [1.54, 1.807) is 14.2 Å². The number of aliphatic imine (C=N–C) groups is 1. The molecule has 1 saturated heterocycles. The Labute approximate surface area is 146 Å². The number of methoxy groups -OCH3 is 2. The molecule has 1 unspecified atom stereocenters. The third kappa shape index (κ3) is 9.42. The van der Waals surface area contributed by atoms with Gasteiger partial charge in [0.2, 0.25) is 0 Å². The average molecular weight is 345 g/mol. The van der Waals surface area contributed by atoms with E-state index >= 15 is 0 Å². The van der Waals surface area contributed by atoms with Gasteiger partial charge >= 0.3 is 0 Å². The number of guanidine groups is 1. The van der Waals surface area contributed by atoms with Crippen LogP contribution in [0.25, 0.3) is 0 Å². The number of hydrogen-bond acceptors (Lipinski definition) is 5. The van der Waals surface area contributed by atoms with Gasteiger partial charge in [-0.1, -0.05) is 0 Å². The molecule has 1 atom stereocenters. The zero-order chi connectivity index (χ0) is 17.5. The first-order valence-electron chi connectivity index (χ1n) is 8.90. The van der Waals surface area contributed by atoms with Gasteiger partial charge in [0, 0.05) is 53.4 Å². The van der Waals surface area contributed by atoms with Crippen LogP contribution < -0.4 is 5.32 Å². The Morgan fingerprint density at radius 3 is 2.50 bits per heavy atom. The van der Waals surface area contributed by atoms with Crippen LogP contribution >= 0.6 is 0 Å². The van der Waals surface area contributed by atoms with Gasteiger partial charge in [0.1, 0.15) is 0 Å². The molecule has 0 aliphatic carbocycles. The van der Waals surface area contributed by atoms with Gasteiger partial charge in [-0.25, -0.2) is 0 Å². The summed E-state index contributed by atoms with van der Waals surface area (Å²) >= 11 is 0. The maximum atomic E-state index is 5.64. The van der Waals surface area contributed by atoms with E-state index < -0.39 is 0 Å². The van der Waals surface area contributed by atoms with Crippen LogP contribution in [0.5, 0.6) is 0 Å². The lowest BCUT2D eigenvalue weighted by atomic mass is 10.1. The highest BCUT2D eigenvalue weighted by atomic mass is 16.5. The molecular weight excluding hydrogens is 310 g/mol. The van der Waals surface area contributed by atoms with Gasteiger partial charge in [-0.15, -0.1) is 0 Å². The zero-order valence-corrected chi connectivity index (χ0v) is 15.6. The van der Waals surface area contributed by atoms with Crippen molar-refractivity contribution in [3.63, 3.8) is 0 Å². The van der Waals surface area contributed by atoms with E-state index in [0.29, 0.717) is 32.3 Å². The Morgan fingerprint density at radius 2 is 1.79 bits per heavy atom. The monoisotopic (exact) mass is 345 g/mol. The molecule has 0 saturated carbocycles. The second-order valence-corrected chi connectivity index (χ2v) is 5.95. The molecule has 0 radical (unpaired) electrons. The van der Waals surface area contributed by atoms with Crippen LogP contribution in [0, 0.1) is 5.92 Å². The largest absolute Gasteiger partial charge is 0.382 e. The molecule has 1 heterocycles. The van der Waals surface area contributed by atoms with Crippen molar-refractivity contribution in [3.8, 4) is 0 Å². The minimum Gasteiger partial charge on any atom is -0.382 e. The topological polar surface area (TPSA) is 64.6 Å². The van der Waals surface area contributed by atoms with Gasteiger partial charge < -0.3 is 29.2 Å². The van der Waals surface area contributed by atoms with Gasteiger partial charge in [0.25, 0.3) is 0 Å². The molecule has 0 bridgehead atoms. The maximum absolute atomic E-state index is 5.64. The van der Waals surface area contributed by atoms with Crippen LogP contribution in [-0.4, -0.2) is 91.4 Å². The van der Waals surface area contributed by atoms with Crippen molar-refractivity contribution in [2.75, 3.05) is 80.5 Å². The summed E-state index contributed by atoms with van der Waals surface area (Å²) < 4.78 is 21.0. The highest BCUT2D eigenvalue weighted by Gasteiger charge is 2.24. The first kappa shape index (κ1) is 21.2. The number of hydrogen-bond donors (Lipinski definition) is 1. The fourth-order valence-corrected chi connectivity index (χ4v) is 2.66. The molecule has 1 aliphatic rings. The highest BCUT2D eigenvalue weighted by molar-refractivity contribution is 5.80. The Balaban J connectivity index is 2.07. The molecule has 142 valence electrons. The predicted octanol–water partition coefficient (Wildman–Crippen LogP) is 0.990. The molecule has 0 spiro atoms. The fraction of sp³-hybridized carbons (Fsp3) is 0.941. The van der Waals surface area contributed by atoms with Gasteiger partial charge in [-0.3, -0.25) is 4.99 Å². The van der Waals surface area contributed by atoms with E-state index in [-0.39, 0.29) is 0 Å². The number of nitrogens with one attached hydrogen (secondary N) is 1. The molecule has 1 aliphatic heterocycles. The minimum absolute atomic E-state index is 0.578. The smallest absolute Gasteiger partial charge is 0.193 e. The van der Waals surface area contributed by atoms with Gasteiger partial charge in [0.15, 0.2) is 5.96 Å². The summed E-state index contributed by atoms with van der Waals surface area (Å²) in [5.74, 6) is 1.57. The molecule has 7 heteroatoms. The van der Waals surface area contributed by atoms with E-state index in [1.165, 1.54) is 0 Å². The third-order valence-corrected chi connectivity index (χ3v) is 4.01. The number of unbranched alkanes of at least 4 members (excludes halogenated alkanes) is 1. The number of ether oxygens (including phenoxy) is 4. The van der Waals surface area contributed by atoms with Crippen molar-refractivity contribution >= 4 is 5.96 Å². The molecule has 1 fully saturated rings. The lowest BCUT2D eigenvalue weighted by Gasteiger charge is -2.21. The SMILES string of the molecule is CN=C(NCCCCOCCOC)N1CCC(COCCOC)C1. The zero-order valence-electron chi connectivity index (χ0n) is 15.6. The average Bonchev–Trinajstić information content (AvgIpc) is 3.06. The third-order valence-electron chi connectivity index (χ3n) is 4.01. The van der Waals surface area contributed by atoms with Crippen molar-refractivity contribution in [1.29, 1.82) is 0 Å². The molecule has 0 aromatic heterocycles. The standard InChI is InChI=1S/C17H35N3O4/c1-18-17(19-7-4-5-9-23-12-10-21-2)20-8-6-16(14-20)15-24-13-11-22-3/h16H,4-15H2,1-3H3,(H,18,19). The van der Waals surface area contributed by atoms with Crippen molar-refractivity contribution in [2.24, 2.45) is 10.9 Å². The summed E-state index contributed by atoms with van der Waals surface area (Å²) in [5.41, 5.74) is 0. The molecule has 1 N–H and O–H groups in total. The minimum atomic E-state index is 0.578. The maximum Gasteiger partial charge on any atom is 0.193 e. The summed E-state index contributed by atoms with van der Waals surface area (Å²) in [6, 6.07) is 0. The van der Waals surface area contributed by atoms with Crippen LogP contribution in [0.3, 0.4) is 0 Å². The summed E-state index contributed by atoms with van der Waals surface area (Å²) in [6.07, 6.45) is 3.27. The molecule has 0 aromatic carbocycles. The molecule has 0 amide bonds. The van der Waals surface area contributed by atoms with Crippen LogP contribution in [0.1, 0.15) is 19.3 Å². The van der Waals surface area contributed by atoms with Crippen molar-refractivity contribution in [3.05, 3.63) is 0 Å². The van der Waals surface area contributed by atoms with Crippen molar-refractivity contribution < 1.29 is 18.9 Å². The second kappa shape index (κ2) is 14.5.